The second-order valence-corrected chi connectivity index (χ2v) is 6.20. The van der Waals surface area contributed by atoms with E-state index in [2.05, 4.69) is 25.8 Å². The molecule has 6 nitrogen and oxygen atoms in total. The summed E-state index contributed by atoms with van der Waals surface area (Å²) in [6.07, 6.45) is 1.81. The maximum atomic E-state index is 4.70. The van der Waals surface area contributed by atoms with Crippen molar-refractivity contribution in [1.29, 1.82) is 0 Å². The van der Waals surface area contributed by atoms with Crippen LogP contribution < -0.4 is 10.6 Å². The van der Waals surface area contributed by atoms with Crippen molar-refractivity contribution in [2.75, 3.05) is 10.6 Å². The zero-order valence-corrected chi connectivity index (χ0v) is 14.3. The van der Waals surface area contributed by atoms with E-state index in [1.165, 1.54) is 0 Å². The highest BCUT2D eigenvalue weighted by molar-refractivity contribution is 5.93. The third-order valence-electron chi connectivity index (χ3n) is 4.34. The van der Waals surface area contributed by atoms with Crippen LogP contribution in [0, 0.1) is 0 Å². The van der Waals surface area contributed by atoms with E-state index in [1.54, 1.807) is 6.20 Å². The van der Waals surface area contributed by atoms with Crippen molar-refractivity contribution in [2.45, 2.75) is 0 Å². The molecule has 6 heteroatoms. The van der Waals surface area contributed by atoms with Gasteiger partial charge in [-0.25, -0.2) is 4.98 Å². The van der Waals surface area contributed by atoms with Gasteiger partial charge in [0.2, 0.25) is 5.95 Å². The normalized spacial score (nSPS) is 11.0. The van der Waals surface area contributed by atoms with Crippen LogP contribution in [0.15, 0.2) is 79.0 Å². The van der Waals surface area contributed by atoms with E-state index >= 15 is 0 Å². The number of fused-ring (bicyclic) bond motifs is 2. The fraction of sp³-hybridized carbons (Fsp3) is 0. The molecule has 0 bridgehead atoms. The minimum Gasteiger partial charge on any atom is -0.340 e. The minimum atomic E-state index is 0.548. The molecule has 0 unspecified atom stereocenters. The third-order valence-corrected chi connectivity index (χ3v) is 4.34. The lowest BCUT2D eigenvalue weighted by atomic mass is 10.2. The Morgan fingerprint density at radius 1 is 0.741 bits per heavy atom. The predicted molar refractivity (Wildman–Crippen MR) is 109 cm³/mol. The first kappa shape index (κ1) is 15.3. The van der Waals surface area contributed by atoms with E-state index in [-0.39, 0.29) is 0 Å². The number of rotatable bonds is 4. The first-order chi connectivity index (χ1) is 13.3. The molecule has 2 aromatic heterocycles. The van der Waals surface area contributed by atoms with Crippen LogP contribution in [0.5, 0.6) is 0 Å². The highest BCUT2D eigenvalue weighted by Gasteiger charge is 2.09. The van der Waals surface area contributed by atoms with Crippen LogP contribution in [0.1, 0.15) is 0 Å². The van der Waals surface area contributed by atoms with Crippen molar-refractivity contribution in [2.24, 2.45) is 0 Å². The van der Waals surface area contributed by atoms with Crippen LogP contribution in [-0.2, 0) is 0 Å². The quantitative estimate of drug-likeness (QED) is 0.424. The summed E-state index contributed by atoms with van der Waals surface area (Å²) in [5.74, 6) is 1.30. The molecule has 3 aromatic carbocycles. The van der Waals surface area contributed by atoms with E-state index in [1.807, 2.05) is 72.8 Å². The Balaban J connectivity index is 1.56. The Hall–Kier alpha value is -3.93. The number of para-hydroxylation sites is 2. The van der Waals surface area contributed by atoms with Crippen LogP contribution in [0.3, 0.4) is 0 Å². The molecule has 2 heterocycles. The highest BCUT2D eigenvalue weighted by atomic mass is 15.1. The molecule has 5 aromatic rings. The van der Waals surface area contributed by atoms with Gasteiger partial charge in [0.15, 0.2) is 0 Å². The van der Waals surface area contributed by atoms with Gasteiger partial charge in [-0.1, -0.05) is 30.3 Å². The average Bonchev–Trinajstić information content (AvgIpc) is 3.17. The first-order valence-corrected chi connectivity index (χ1v) is 8.64. The van der Waals surface area contributed by atoms with Gasteiger partial charge in [0.25, 0.3) is 0 Å². The Bertz CT molecular complexity index is 1230. The largest absolute Gasteiger partial charge is 0.340 e. The number of anilines is 4. The molecule has 5 rings (SSSR count). The molecule has 0 fully saturated rings. The fourth-order valence-electron chi connectivity index (χ4n) is 3.04. The smallest absolute Gasteiger partial charge is 0.229 e. The average molecular weight is 352 g/mol. The molecule has 0 radical (unpaired) electrons. The van der Waals surface area contributed by atoms with Crippen molar-refractivity contribution >= 4 is 44.9 Å². The van der Waals surface area contributed by atoms with Crippen molar-refractivity contribution in [3.8, 4) is 0 Å². The Morgan fingerprint density at radius 2 is 1.59 bits per heavy atom. The summed E-state index contributed by atoms with van der Waals surface area (Å²) in [4.78, 5) is 9.34. The van der Waals surface area contributed by atoms with Crippen molar-refractivity contribution in [3.05, 3.63) is 79.0 Å². The van der Waals surface area contributed by atoms with E-state index in [0.29, 0.717) is 5.95 Å². The first-order valence-electron chi connectivity index (χ1n) is 8.64. The zero-order valence-electron chi connectivity index (χ0n) is 14.3. The number of nitrogens with zero attached hydrogens (tertiary/aromatic N) is 3. The van der Waals surface area contributed by atoms with Crippen molar-refractivity contribution in [3.63, 3.8) is 0 Å². The summed E-state index contributed by atoms with van der Waals surface area (Å²) in [6.45, 7) is 0. The SMILES string of the molecule is c1ccc(Nc2nc(Nc3ccc4[nH]ncc4c3)c3ccccc3n2)cc1. The molecule has 0 amide bonds. The minimum absolute atomic E-state index is 0.548. The topological polar surface area (TPSA) is 78.5 Å². The summed E-state index contributed by atoms with van der Waals surface area (Å²) >= 11 is 0. The van der Waals surface area contributed by atoms with Crippen LogP contribution >= 0.6 is 0 Å². The summed E-state index contributed by atoms with van der Waals surface area (Å²) in [5, 5.41) is 15.7. The van der Waals surface area contributed by atoms with Gasteiger partial charge in [-0.2, -0.15) is 10.1 Å². The van der Waals surface area contributed by atoms with E-state index in [4.69, 9.17) is 4.98 Å². The predicted octanol–water partition coefficient (Wildman–Crippen LogP) is 4.99. The van der Waals surface area contributed by atoms with Crippen LogP contribution in [0.25, 0.3) is 21.8 Å². The van der Waals surface area contributed by atoms with Crippen LogP contribution in [0.2, 0.25) is 0 Å². The van der Waals surface area contributed by atoms with Gasteiger partial charge in [-0.05, 0) is 42.5 Å². The zero-order chi connectivity index (χ0) is 18.1. The molecular weight excluding hydrogens is 336 g/mol. The lowest BCUT2D eigenvalue weighted by molar-refractivity contribution is 1.12. The van der Waals surface area contributed by atoms with Gasteiger partial charge >= 0.3 is 0 Å². The Kier molecular flexibility index (Phi) is 3.65. The Morgan fingerprint density at radius 3 is 2.52 bits per heavy atom. The fourth-order valence-corrected chi connectivity index (χ4v) is 3.04. The second kappa shape index (κ2) is 6.42. The number of benzene rings is 3. The molecular formula is C21H16N6. The molecule has 0 saturated carbocycles. The van der Waals surface area contributed by atoms with E-state index in [9.17, 15) is 0 Å². The van der Waals surface area contributed by atoms with Gasteiger partial charge in [-0.15, -0.1) is 0 Å². The van der Waals surface area contributed by atoms with E-state index in [0.717, 1.165) is 39.0 Å². The van der Waals surface area contributed by atoms with Gasteiger partial charge < -0.3 is 10.6 Å². The number of aromatic nitrogens is 4. The maximum absolute atomic E-state index is 4.70. The summed E-state index contributed by atoms with van der Waals surface area (Å²) in [5.41, 5.74) is 3.76. The maximum Gasteiger partial charge on any atom is 0.229 e. The number of hydrogen-bond acceptors (Lipinski definition) is 5. The molecule has 27 heavy (non-hydrogen) atoms. The lowest BCUT2D eigenvalue weighted by Gasteiger charge is -2.12. The molecule has 0 aliphatic rings. The molecule has 0 aliphatic carbocycles. The number of H-pyrrole nitrogens is 1. The van der Waals surface area contributed by atoms with Crippen molar-refractivity contribution in [1.82, 2.24) is 20.2 Å². The molecule has 130 valence electrons. The monoisotopic (exact) mass is 352 g/mol. The standard InChI is InChI=1S/C21H16N6/c1-2-6-15(7-3-1)24-21-25-19-9-5-4-8-17(19)20(26-21)23-16-10-11-18-14(12-16)13-22-27-18/h1-13H,(H,22,27)(H2,23,24,25,26). The molecule has 3 N–H and O–H groups in total. The van der Waals surface area contributed by atoms with Crippen LogP contribution in [-0.4, -0.2) is 20.2 Å². The van der Waals surface area contributed by atoms with E-state index < -0.39 is 0 Å². The summed E-state index contributed by atoms with van der Waals surface area (Å²) < 4.78 is 0. The van der Waals surface area contributed by atoms with Gasteiger partial charge in [0.1, 0.15) is 5.82 Å². The van der Waals surface area contributed by atoms with Crippen LogP contribution in [0.4, 0.5) is 23.1 Å². The number of nitrogens with one attached hydrogen (secondary N) is 3. The van der Waals surface area contributed by atoms with Gasteiger partial charge in [0, 0.05) is 22.1 Å². The highest BCUT2D eigenvalue weighted by Crippen LogP contribution is 2.27. The van der Waals surface area contributed by atoms with Crippen molar-refractivity contribution < 1.29 is 0 Å². The molecule has 0 atom stereocenters. The summed E-state index contributed by atoms with van der Waals surface area (Å²) in [6, 6.07) is 23.9. The third kappa shape index (κ3) is 3.04. The molecule has 0 aliphatic heterocycles. The number of aromatic amines is 1. The lowest BCUT2D eigenvalue weighted by Crippen LogP contribution is -2.02. The molecule has 0 saturated heterocycles. The second-order valence-electron chi connectivity index (χ2n) is 6.20. The summed E-state index contributed by atoms with van der Waals surface area (Å²) in [7, 11) is 0. The molecule has 0 spiro atoms. The van der Waals surface area contributed by atoms with Gasteiger partial charge in [0.05, 0.1) is 17.2 Å². The number of hydrogen-bond donors (Lipinski definition) is 3. The van der Waals surface area contributed by atoms with Gasteiger partial charge in [-0.3, -0.25) is 5.10 Å². The Labute approximate surface area is 155 Å².